The monoisotopic (exact) mass is 373 g/mol. The Bertz CT molecular complexity index is 1080. The van der Waals surface area contributed by atoms with E-state index in [1.54, 1.807) is 31.2 Å². The fourth-order valence-corrected chi connectivity index (χ4v) is 4.04. The average molecular weight is 373 g/mol. The molecule has 134 valence electrons. The summed E-state index contributed by atoms with van der Waals surface area (Å²) in [6.45, 7) is 3.50. The molecule has 0 amide bonds. The van der Waals surface area contributed by atoms with Crippen LogP contribution in [0.25, 0.3) is 11.1 Å². The summed E-state index contributed by atoms with van der Waals surface area (Å²) in [5.41, 5.74) is 2.56. The number of hydrogen-bond donors (Lipinski definition) is 1. The lowest BCUT2D eigenvalue weighted by atomic mass is 10.0. The number of halogens is 2. The van der Waals surface area contributed by atoms with Crippen LogP contribution < -0.4 is 4.72 Å². The van der Waals surface area contributed by atoms with Gasteiger partial charge < -0.3 is 0 Å². The summed E-state index contributed by atoms with van der Waals surface area (Å²) in [6.07, 6.45) is 0. The second-order valence-electron chi connectivity index (χ2n) is 6.08. The van der Waals surface area contributed by atoms with Crippen LogP contribution in [0.3, 0.4) is 0 Å². The number of aryl methyl sites for hydroxylation is 2. The van der Waals surface area contributed by atoms with Crippen LogP contribution in [0.1, 0.15) is 11.1 Å². The van der Waals surface area contributed by atoms with Gasteiger partial charge in [0.05, 0.1) is 4.90 Å². The van der Waals surface area contributed by atoms with Crippen LogP contribution >= 0.6 is 0 Å². The SMILES string of the molecule is Cc1cccc(NS(=O)(=O)c2ccc(-c3ccc(F)cc3F)cc2C)c1. The molecule has 1 N–H and O–H groups in total. The van der Waals surface area contributed by atoms with E-state index < -0.39 is 21.7 Å². The Kier molecular flexibility index (Phi) is 4.78. The van der Waals surface area contributed by atoms with Crippen LogP contribution in [0, 0.1) is 25.5 Å². The molecule has 3 nitrogen and oxygen atoms in total. The van der Waals surface area contributed by atoms with Gasteiger partial charge in [-0.1, -0.05) is 18.2 Å². The van der Waals surface area contributed by atoms with Crippen molar-refractivity contribution in [2.24, 2.45) is 0 Å². The maximum atomic E-state index is 14.0. The molecule has 0 aliphatic rings. The highest BCUT2D eigenvalue weighted by atomic mass is 32.2. The van der Waals surface area contributed by atoms with Crippen LogP contribution in [0.4, 0.5) is 14.5 Å². The van der Waals surface area contributed by atoms with Gasteiger partial charge in [-0.2, -0.15) is 0 Å². The third-order valence-electron chi connectivity index (χ3n) is 3.98. The molecule has 0 aliphatic carbocycles. The van der Waals surface area contributed by atoms with E-state index in [0.29, 0.717) is 16.8 Å². The van der Waals surface area contributed by atoms with E-state index in [1.165, 1.54) is 18.2 Å². The largest absolute Gasteiger partial charge is 0.280 e. The first kappa shape index (κ1) is 18.1. The van der Waals surface area contributed by atoms with Gasteiger partial charge >= 0.3 is 0 Å². The molecule has 0 atom stereocenters. The Morgan fingerprint density at radius 3 is 2.31 bits per heavy atom. The Labute approximate surface area is 151 Å². The first-order valence-corrected chi connectivity index (χ1v) is 9.40. The van der Waals surface area contributed by atoms with Gasteiger partial charge in [0, 0.05) is 17.3 Å². The quantitative estimate of drug-likeness (QED) is 0.696. The second kappa shape index (κ2) is 6.88. The molecule has 0 unspecified atom stereocenters. The standard InChI is InChI=1S/C20H17F2NO2S/c1-13-4-3-5-17(10-13)23-26(24,25)20-9-6-15(11-14(20)2)18-8-7-16(21)12-19(18)22/h3-12,23H,1-2H3. The molecule has 26 heavy (non-hydrogen) atoms. The molecule has 0 radical (unpaired) electrons. The van der Waals surface area contributed by atoms with Gasteiger partial charge in [0.1, 0.15) is 11.6 Å². The minimum Gasteiger partial charge on any atom is -0.280 e. The van der Waals surface area contributed by atoms with Crippen molar-refractivity contribution in [2.75, 3.05) is 4.72 Å². The maximum absolute atomic E-state index is 14.0. The second-order valence-corrected chi connectivity index (χ2v) is 7.73. The molecule has 3 aromatic rings. The Morgan fingerprint density at radius 1 is 0.885 bits per heavy atom. The van der Waals surface area contributed by atoms with E-state index in [0.717, 1.165) is 17.7 Å². The third-order valence-corrected chi connectivity index (χ3v) is 5.52. The van der Waals surface area contributed by atoms with Crippen molar-refractivity contribution in [1.82, 2.24) is 0 Å². The fraction of sp³-hybridized carbons (Fsp3) is 0.100. The van der Waals surface area contributed by atoms with Gasteiger partial charge in [0.25, 0.3) is 10.0 Å². The van der Waals surface area contributed by atoms with Crippen LogP contribution in [0.2, 0.25) is 0 Å². The topological polar surface area (TPSA) is 46.2 Å². The summed E-state index contributed by atoms with van der Waals surface area (Å²) in [5.74, 6) is -1.36. The van der Waals surface area contributed by atoms with Gasteiger partial charge in [0.2, 0.25) is 0 Å². The molecule has 0 saturated carbocycles. The number of benzene rings is 3. The van der Waals surface area contributed by atoms with Gasteiger partial charge in [-0.15, -0.1) is 0 Å². The zero-order valence-corrected chi connectivity index (χ0v) is 15.1. The Hall–Kier alpha value is -2.73. The molecule has 0 heterocycles. The van der Waals surface area contributed by atoms with Crippen molar-refractivity contribution >= 4 is 15.7 Å². The van der Waals surface area contributed by atoms with Gasteiger partial charge in [0.15, 0.2) is 0 Å². The molecule has 3 aromatic carbocycles. The normalized spacial score (nSPS) is 11.4. The average Bonchev–Trinajstić information content (AvgIpc) is 2.54. The van der Waals surface area contributed by atoms with Crippen molar-refractivity contribution in [3.05, 3.63) is 83.4 Å². The summed E-state index contributed by atoms with van der Waals surface area (Å²) in [4.78, 5) is 0.102. The lowest BCUT2D eigenvalue weighted by Crippen LogP contribution is -2.14. The predicted octanol–water partition coefficient (Wildman–Crippen LogP) is 5.05. The third kappa shape index (κ3) is 3.75. The van der Waals surface area contributed by atoms with E-state index in [1.807, 2.05) is 13.0 Å². The van der Waals surface area contributed by atoms with Gasteiger partial charge in [-0.3, -0.25) is 4.72 Å². The van der Waals surface area contributed by atoms with E-state index in [-0.39, 0.29) is 10.5 Å². The van der Waals surface area contributed by atoms with Crippen molar-refractivity contribution in [2.45, 2.75) is 18.7 Å². The zero-order valence-electron chi connectivity index (χ0n) is 14.3. The molecular weight excluding hydrogens is 356 g/mol. The van der Waals surface area contributed by atoms with Crippen molar-refractivity contribution in [3.8, 4) is 11.1 Å². The molecule has 0 fully saturated rings. The van der Waals surface area contributed by atoms with Crippen LogP contribution in [0.15, 0.2) is 65.6 Å². The molecule has 0 spiro atoms. The number of nitrogens with one attached hydrogen (secondary N) is 1. The van der Waals surface area contributed by atoms with E-state index in [2.05, 4.69) is 4.72 Å². The summed E-state index contributed by atoms with van der Waals surface area (Å²) in [7, 11) is -3.78. The van der Waals surface area contributed by atoms with Crippen LogP contribution in [0.5, 0.6) is 0 Å². The predicted molar refractivity (Wildman–Crippen MR) is 98.5 cm³/mol. The first-order valence-electron chi connectivity index (χ1n) is 7.92. The summed E-state index contributed by atoms with van der Waals surface area (Å²) in [6, 6.07) is 14.8. The molecule has 6 heteroatoms. The molecule has 0 saturated heterocycles. The zero-order chi connectivity index (χ0) is 18.9. The lowest BCUT2D eigenvalue weighted by Gasteiger charge is -2.12. The minimum absolute atomic E-state index is 0.102. The molecule has 0 bridgehead atoms. The van der Waals surface area contributed by atoms with Gasteiger partial charge in [-0.05, 0) is 66.9 Å². The smallest absolute Gasteiger partial charge is 0.262 e. The number of sulfonamides is 1. The Balaban J connectivity index is 1.96. The van der Waals surface area contributed by atoms with Crippen LogP contribution in [-0.2, 0) is 10.0 Å². The lowest BCUT2D eigenvalue weighted by molar-refractivity contribution is 0.585. The fourth-order valence-electron chi connectivity index (χ4n) is 2.76. The van der Waals surface area contributed by atoms with E-state index in [4.69, 9.17) is 0 Å². The molecular formula is C20H17F2NO2S. The van der Waals surface area contributed by atoms with E-state index >= 15 is 0 Å². The number of hydrogen-bond acceptors (Lipinski definition) is 2. The summed E-state index contributed by atoms with van der Waals surface area (Å²) < 4.78 is 54.9. The molecule has 3 rings (SSSR count). The Morgan fingerprint density at radius 2 is 1.65 bits per heavy atom. The summed E-state index contributed by atoms with van der Waals surface area (Å²) >= 11 is 0. The highest BCUT2D eigenvalue weighted by molar-refractivity contribution is 7.92. The first-order chi connectivity index (χ1) is 12.3. The van der Waals surface area contributed by atoms with E-state index in [9.17, 15) is 17.2 Å². The highest BCUT2D eigenvalue weighted by Crippen LogP contribution is 2.28. The number of rotatable bonds is 4. The van der Waals surface area contributed by atoms with Crippen molar-refractivity contribution in [1.29, 1.82) is 0 Å². The van der Waals surface area contributed by atoms with Gasteiger partial charge in [-0.25, -0.2) is 17.2 Å². The number of anilines is 1. The van der Waals surface area contributed by atoms with Crippen LogP contribution in [-0.4, -0.2) is 8.42 Å². The van der Waals surface area contributed by atoms with Crippen molar-refractivity contribution in [3.63, 3.8) is 0 Å². The van der Waals surface area contributed by atoms with Crippen molar-refractivity contribution < 1.29 is 17.2 Å². The molecule has 0 aromatic heterocycles. The highest BCUT2D eigenvalue weighted by Gasteiger charge is 2.18. The minimum atomic E-state index is -3.78. The maximum Gasteiger partial charge on any atom is 0.262 e. The molecule has 0 aliphatic heterocycles. The summed E-state index contributed by atoms with van der Waals surface area (Å²) in [5, 5.41) is 0.